The number of morpholine rings is 1. The van der Waals surface area contributed by atoms with Gasteiger partial charge in [-0.1, -0.05) is 6.92 Å². The molecule has 0 spiro atoms. The zero-order valence-electron chi connectivity index (χ0n) is 12.8. The first-order valence-electron chi connectivity index (χ1n) is 7.37. The summed E-state index contributed by atoms with van der Waals surface area (Å²) in [6, 6.07) is 2.22. The minimum Gasteiger partial charge on any atom is -0.379 e. The molecule has 0 bridgehead atoms. The number of hydrazine groups is 1. The number of aryl methyl sites for hydroxylation is 1. The predicted molar refractivity (Wildman–Crippen MR) is 79.1 cm³/mol. The van der Waals surface area contributed by atoms with Crippen molar-refractivity contribution in [3.63, 3.8) is 0 Å². The van der Waals surface area contributed by atoms with E-state index in [1.165, 1.54) is 0 Å². The van der Waals surface area contributed by atoms with Gasteiger partial charge >= 0.3 is 0 Å². The highest BCUT2D eigenvalue weighted by Crippen LogP contribution is 2.26. The van der Waals surface area contributed by atoms with Gasteiger partial charge in [0.2, 0.25) is 0 Å². The summed E-state index contributed by atoms with van der Waals surface area (Å²) in [4.78, 5) is 2.49. The summed E-state index contributed by atoms with van der Waals surface area (Å²) in [7, 11) is 1.94. The molecule has 1 aromatic heterocycles. The Morgan fingerprint density at radius 2 is 2.20 bits per heavy atom. The highest BCUT2D eigenvalue weighted by Gasteiger charge is 2.38. The molecule has 2 rings (SSSR count). The molecule has 0 amide bonds. The Labute approximate surface area is 121 Å². The highest BCUT2D eigenvalue weighted by molar-refractivity contribution is 5.07. The molecule has 0 aromatic carbocycles. The minimum absolute atomic E-state index is 0.00997. The minimum atomic E-state index is 0.00997. The maximum atomic E-state index is 5.85. The summed E-state index contributed by atoms with van der Waals surface area (Å²) < 4.78 is 7.30. The van der Waals surface area contributed by atoms with Crippen molar-refractivity contribution in [1.29, 1.82) is 0 Å². The number of ether oxygens (including phenoxy) is 1. The highest BCUT2D eigenvalue weighted by atomic mass is 16.5. The van der Waals surface area contributed by atoms with Crippen LogP contribution in [0, 0.1) is 0 Å². The van der Waals surface area contributed by atoms with Gasteiger partial charge in [-0.3, -0.25) is 20.9 Å². The summed E-state index contributed by atoms with van der Waals surface area (Å²) in [5.41, 5.74) is 4.10. The van der Waals surface area contributed by atoms with Gasteiger partial charge < -0.3 is 4.74 Å². The van der Waals surface area contributed by atoms with Crippen molar-refractivity contribution in [2.75, 3.05) is 26.3 Å². The molecule has 1 fully saturated rings. The smallest absolute Gasteiger partial charge is 0.0641 e. The molecule has 0 radical (unpaired) electrons. The SMILES string of the molecule is CCC(C)(C(Cc1ccn(C)n1)NN)N1CCOCC1. The molecule has 6 nitrogen and oxygen atoms in total. The monoisotopic (exact) mass is 281 g/mol. The average Bonchev–Trinajstić information content (AvgIpc) is 2.90. The van der Waals surface area contributed by atoms with Crippen LogP contribution in [0.15, 0.2) is 12.3 Å². The number of nitrogens with two attached hydrogens (primary N) is 1. The van der Waals surface area contributed by atoms with Crippen LogP contribution in [0.25, 0.3) is 0 Å². The molecule has 0 saturated carbocycles. The molecule has 2 unspecified atom stereocenters. The Hall–Kier alpha value is -0.950. The van der Waals surface area contributed by atoms with E-state index in [9.17, 15) is 0 Å². The van der Waals surface area contributed by atoms with Crippen LogP contribution in [-0.2, 0) is 18.2 Å². The third-order valence-electron chi connectivity index (χ3n) is 4.58. The van der Waals surface area contributed by atoms with Gasteiger partial charge in [-0.05, 0) is 19.4 Å². The normalized spacial score (nSPS) is 21.6. The van der Waals surface area contributed by atoms with E-state index in [1.807, 2.05) is 17.9 Å². The molecule has 2 heterocycles. The van der Waals surface area contributed by atoms with Gasteiger partial charge in [0.15, 0.2) is 0 Å². The zero-order chi connectivity index (χ0) is 14.6. The lowest BCUT2D eigenvalue weighted by Crippen LogP contribution is -2.63. The van der Waals surface area contributed by atoms with E-state index < -0.39 is 0 Å². The van der Waals surface area contributed by atoms with Crippen LogP contribution >= 0.6 is 0 Å². The van der Waals surface area contributed by atoms with Crippen molar-refractivity contribution in [2.45, 2.75) is 38.3 Å². The molecule has 6 heteroatoms. The molecule has 20 heavy (non-hydrogen) atoms. The van der Waals surface area contributed by atoms with Gasteiger partial charge in [-0.25, -0.2) is 0 Å². The quantitative estimate of drug-likeness (QED) is 0.580. The number of hydrogen-bond donors (Lipinski definition) is 2. The van der Waals surface area contributed by atoms with Crippen molar-refractivity contribution in [1.82, 2.24) is 20.1 Å². The fourth-order valence-electron chi connectivity index (χ4n) is 3.00. The largest absolute Gasteiger partial charge is 0.379 e. The molecule has 1 saturated heterocycles. The van der Waals surface area contributed by atoms with Crippen molar-refractivity contribution >= 4 is 0 Å². The molecule has 3 N–H and O–H groups in total. The molecular formula is C14H27N5O. The Balaban J connectivity index is 2.12. The van der Waals surface area contributed by atoms with E-state index in [1.54, 1.807) is 0 Å². The van der Waals surface area contributed by atoms with Crippen LogP contribution in [0.2, 0.25) is 0 Å². The van der Waals surface area contributed by atoms with E-state index >= 15 is 0 Å². The number of rotatable bonds is 6. The van der Waals surface area contributed by atoms with Crippen molar-refractivity contribution < 1.29 is 4.74 Å². The van der Waals surface area contributed by atoms with E-state index in [0.717, 1.165) is 44.8 Å². The summed E-state index contributed by atoms with van der Waals surface area (Å²) in [6.07, 6.45) is 3.84. The summed E-state index contributed by atoms with van der Waals surface area (Å²) in [6.45, 7) is 8.03. The van der Waals surface area contributed by atoms with E-state index in [0.29, 0.717) is 0 Å². The van der Waals surface area contributed by atoms with Gasteiger partial charge in [-0.15, -0.1) is 0 Å². The van der Waals surface area contributed by atoms with Crippen LogP contribution in [0.4, 0.5) is 0 Å². The summed E-state index contributed by atoms with van der Waals surface area (Å²) >= 11 is 0. The maximum Gasteiger partial charge on any atom is 0.0641 e. The third-order valence-corrected chi connectivity index (χ3v) is 4.58. The Morgan fingerprint density at radius 1 is 1.50 bits per heavy atom. The van der Waals surface area contributed by atoms with Gasteiger partial charge in [-0.2, -0.15) is 5.10 Å². The van der Waals surface area contributed by atoms with Crippen LogP contribution < -0.4 is 11.3 Å². The first-order chi connectivity index (χ1) is 9.60. The number of hydrogen-bond acceptors (Lipinski definition) is 5. The second-order valence-corrected chi connectivity index (χ2v) is 5.71. The summed E-state index contributed by atoms with van der Waals surface area (Å²) in [5, 5.41) is 4.47. The van der Waals surface area contributed by atoms with E-state index in [-0.39, 0.29) is 11.6 Å². The lowest BCUT2D eigenvalue weighted by atomic mass is 9.84. The van der Waals surface area contributed by atoms with E-state index in [2.05, 4.69) is 35.3 Å². The lowest BCUT2D eigenvalue weighted by Gasteiger charge is -2.47. The molecule has 0 aliphatic carbocycles. The fourth-order valence-corrected chi connectivity index (χ4v) is 3.00. The zero-order valence-corrected chi connectivity index (χ0v) is 12.8. The topological polar surface area (TPSA) is 68.3 Å². The maximum absolute atomic E-state index is 5.85. The molecule has 114 valence electrons. The Bertz CT molecular complexity index is 415. The standard InChI is InChI=1S/C14H27N5O/c1-4-14(2,19-7-9-20-10-8-19)13(16-15)11-12-5-6-18(3)17-12/h5-6,13,16H,4,7-11,15H2,1-3H3. The Morgan fingerprint density at radius 3 is 2.70 bits per heavy atom. The lowest BCUT2D eigenvalue weighted by molar-refractivity contribution is -0.0324. The van der Waals surface area contributed by atoms with Crippen LogP contribution in [0.1, 0.15) is 26.0 Å². The number of nitrogens with one attached hydrogen (secondary N) is 1. The average molecular weight is 281 g/mol. The van der Waals surface area contributed by atoms with Crippen LogP contribution in [0.5, 0.6) is 0 Å². The first-order valence-corrected chi connectivity index (χ1v) is 7.37. The third kappa shape index (κ3) is 3.20. The predicted octanol–water partition coefficient (Wildman–Crippen LogP) is 0.295. The van der Waals surface area contributed by atoms with Crippen LogP contribution in [0.3, 0.4) is 0 Å². The van der Waals surface area contributed by atoms with Crippen molar-refractivity contribution in [2.24, 2.45) is 12.9 Å². The van der Waals surface area contributed by atoms with E-state index in [4.69, 9.17) is 10.6 Å². The number of nitrogens with zero attached hydrogens (tertiary/aromatic N) is 3. The van der Waals surface area contributed by atoms with Crippen molar-refractivity contribution in [3.8, 4) is 0 Å². The van der Waals surface area contributed by atoms with Gasteiger partial charge in [0.05, 0.1) is 18.9 Å². The van der Waals surface area contributed by atoms with Crippen LogP contribution in [-0.4, -0.2) is 52.6 Å². The van der Waals surface area contributed by atoms with Gasteiger partial charge in [0, 0.05) is 44.3 Å². The second kappa shape index (κ2) is 6.67. The molecule has 1 aromatic rings. The van der Waals surface area contributed by atoms with Gasteiger partial charge in [0.25, 0.3) is 0 Å². The molecular weight excluding hydrogens is 254 g/mol. The molecule has 1 aliphatic rings. The van der Waals surface area contributed by atoms with Crippen molar-refractivity contribution in [3.05, 3.63) is 18.0 Å². The Kier molecular flexibility index (Phi) is 5.15. The second-order valence-electron chi connectivity index (χ2n) is 5.71. The van der Waals surface area contributed by atoms with Gasteiger partial charge in [0.1, 0.15) is 0 Å². The number of aromatic nitrogens is 2. The fraction of sp³-hybridized carbons (Fsp3) is 0.786. The summed E-state index contributed by atoms with van der Waals surface area (Å²) in [5.74, 6) is 5.85. The first kappa shape index (κ1) is 15.4. The molecule has 2 atom stereocenters. The molecule has 1 aliphatic heterocycles.